The van der Waals surface area contributed by atoms with Crippen LogP contribution in [0.2, 0.25) is 0 Å². The molecule has 0 saturated carbocycles. The predicted octanol–water partition coefficient (Wildman–Crippen LogP) is 1.83. The molecule has 0 aromatic heterocycles. The van der Waals surface area contributed by atoms with E-state index in [-0.39, 0.29) is 6.42 Å². The molecular weight excluding hydrogens is 206 g/mol. The summed E-state index contributed by atoms with van der Waals surface area (Å²) >= 11 is 8.62. The summed E-state index contributed by atoms with van der Waals surface area (Å²) in [5.74, 6) is -0.713. The smallest absolute Gasteiger partial charge is 0.303 e. The van der Waals surface area contributed by atoms with Crippen molar-refractivity contribution < 1.29 is 9.90 Å². The number of hydrogen-bond donors (Lipinski definition) is 3. The van der Waals surface area contributed by atoms with Crippen LogP contribution in [0.4, 0.5) is 0 Å². The summed E-state index contributed by atoms with van der Waals surface area (Å²) in [6.07, 6.45) is 4.06. The van der Waals surface area contributed by atoms with E-state index in [0.29, 0.717) is 4.32 Å². The molecule has 0 unspecified atom stereocenters. The van der Waals surface area contributed by atoms with Crippen molar-refractivity contribution in [2.24, 2.45) is 0 Å². The molecular formula is C8H15NO2S2. The lowest BCUT2D eigenvalue weighted by Gasteiger charge is -2.02. The molecule has 0 spiro atoms. The minimum Gasteiger partial charge on any atom is -0.481 e. The van der Waals surface area contributed by atoms with E-state index in [1.807, 2.05) is 0 Å². The van der Waals surface area contributed by atoms with Crippen molar-refractivity contribution in [2.75, 3.05) is 6.54 Å². The molecule has 0 atom stereocenters. The summed E-state index contributed by atoms with van der Waals surface area (Å²) < 4.78 is 0.519. The van der Waals surface area contributed by atoms with Crippen molar-refractivity contribution in [3.8, 4) is 0 Å². The van der Waals surface area contributed by atoms with Crippen molar-refractivity contribution in [1.82, 2.24) is 5.32 Å². The lowest BCUT2D eigenvalue weighted by atomic mass is 10.1. The highest BCUT2D eigenvalue weighted by Gasteiger charge is 1.96. The highest BCUT2D eigenvalue weighted by Crippen LogP contribution is 2.02. The van der Waals surface area contributed by atoms with Crippen LogP contribution < -0.4 is 5.32 Å². The molecule has 0 amide bonds. The first-order valence-electron chi connectivity index (χ1n) is 4.31. The summed E-state index contributed by atoms with van der Waals surface area (Å²) in [4.78, 5) is 10.1. The maximum atomic E-state index is 10.1. The number of nitrogens with one attached hydrogen (secondary N) is 1. The molecule has 0 aliphatic rings. The van der Waals surface area contributed by atoms with Gasteiger partial charge in [0.15, 0.2) is 0 Å². The number of carboxylic acid groups (broad SMARTS) is 1. The van der Waals surface area contributed by atoms with Gasteiger partial charge < -0.3 is 10.4 Å². The Hall–Kier alpha value is -0.290. The SMILES string of the molecule is O=C(O)CCCCCCNC(=S)S. The van der Waals surface area contributed by atoms with Crippen LogP contribution in [0.25, 0.3) is 0 Å². The fraction of sp³-hybridized carbons (Fsp3) is 0.750. The fourth-order valence-corrected chi connectivity index (χ4v) is 1.16. The molecule has 0 aliphatic carbocycles. The second kappa shape index (κ2) is 8.31. The van der Waals surface area contributed by atoms with Crippen molar-refractivity contribution in [3.05, 3.63) is 0 Å². The second-order valence-corrected chi connectivity index (χ2v) is 3.95. The van der Waals surface area contributed by atoms with Crippen LogP contribution in [0.5, 0.6) is 0 Å². The molecule has 13 heavy (non-hydrogen) atoms. The van der Waals surface area contributed by atoms with E-state index in [9.17, 15) is 4.79 Å². The summed E-state index contributed by atoms with van der Waals surface area (Å²) in [7, 11) is 0. The van der Waals surface area contributed by atoms with Gasteiger partial charge in [0.1, 0.15) is 4.32 Å². The number of carbonyl (C=O) groups is 1. The lowest BCUT2D eigenvalue weighted by molar-refractivity contribution is -0.137. The Morgan fingerprint density at radius 3 is 2.46 bits per heavy atom. The molecule has 0 aliphatic heterocycles. The van der Waals surface area contributed by atoms with Gasteiger partial charge in [0.2, 0.25) is 0 Å². The van der Waals surface area contributed by atoms with Crippen LogP contribution in [0.1, 0.15) is 32.1 Å². The Labute approximate surface area is 89.3 Å². The van der Waals surface area contributed by atoms with Gasteiger partial charge in [-0.3, -0.25) is 4.79 Å². The molecule has 0 saturated heterocycles. The summed E-state index contributed by atoms with van der Waals surface area (Å²) in [6, 6.07) is 0. The molecule has 3 nitrogen and oxygen atoms in total. The molecule has 76 valence electrons. The maximum absolute atomic E-state index is 10.1. The molecule has 0 bridgehead atoms. The standard InChI is InChI=1S/C8H15NO2S2/c10-7(11)5-3-1-2-4-6-9-8(12)13/h1-6H2,(H,10,11)(H2,9,12,13). The number of rotatable bonds is 7. The van der Waals surface area contributed by atoms with Crippen LogP contribution in [0.3, 0.4) is 0 Å². The molecule has 0 radical (unpaired) electrons. The van der Waals surface area contributed by atoms with Crippen molar-refractivity contribution in [1.29, 1.82) is 0 Å². The maximum Gasteiger partial charge on any atom is 0.303 e. The van der Waals surface area contributed by atoms with Crippen LogP contribution in [0.15, 0.2) is 0 Å². The van der Waals surface area contributed by atoms with E-state index < -0.39 is 5.97 Å². The van der Waals surface area contributed by atoms with Gasteiger partial charge in [-0.15, -0.1) is 12.6 Å². The zero-order valence-corrected chi connectivity index (χ0v) is 9.16. The highest BCUT2D eigenvalue weighted by atomic mass is 32.1. The molecule has 0 aromatic carbocycles. The number of thiocarbonyl (C=S) groups is 1. The first kappa shape index (κ1) is 12.7. The Kier molecular flexibility index (Phi) is 8.13. The molecule has 5 heteroatoms. The largest absolute Gasteiger partial charge is 0.481 e. The average Bonchev–Trinajstić information content (AvgIpc) is 2.01. The Morgan fingerprint density at radius 2 is 1.92 bits per heavy atom. The van der Waals surface area contributed by atoms with Gasteiger partial charge in [0.25, 0.3) is 0 Å². The van der Waals surface area contributed by atoms with E-state index >= 15 is 0 Å². The quantitative estimate of drug-likeness (QED) is 0.349. The van der Waals surface area contributed by atoms with E-state index in [1.165, 1.54) is 0 Å². The Bertz CT molecular complexity index is 156. The zero-order valence-electron chi connectivity index (χ0n) is 7.45. The third kappa shape index (κ3) is 11.7. The summed E-state index contributed by atoms with van der Waals surface area (Å²) in [6.45, 7) is 0.829. The molecule has 0 rings (SSSR count). The minimum absolute atomic E-state index is 0.276. The minimum atomic E-state index is -0.713. The van der Waals surface area contributed by atoms with Gasteiger partial charge in [0.05, 0.1) is 0 Å². The average molecular weight is 221 g/mol. The highest BCUT2D eigenvalue weighted by molar-refractivity contribution is 8.11. The molecule has 0 fully saturated rings. The van der Waals surface area contributed by atoms with Gasteiger partial charge in [0, 0.05) is 13.0 Å². The van der Waals surface area contributed by atoms with E-state index in [2.05, 4.69) is 17.9 Å². The van der Waals surface area contributed by atoms with Crippen molar-refractivity contribution in [3.63, 3.8) is 0 Å². The van der Waals surface area contributed by atoms with Crippen molar-refractivity contribution in [2.45, 2.75) is 32.1 Å². The third-order valence-corrected chi connectivity index (χ3v) is 1.90. The first-order valence-corrected chi connectivity index (χ1v) is 5.17. The second-order valence-electron chi connectivity index (χ2n) is 2.79. The monoisotopic (exact) mass is 221 g/mol. The topological polar surface area (TPSA) is 49.3 Å². The van der Waals surface area contributed by atoms with Crippen LogP contribution in [-0.4, -0.2) is 21.9 Å². The number of unbranched alkanes of at least 4 members (excludes halogenated alkanes) is 3. The molecule has 0 aromatic rings. The number of aliphatic carboxylic acids is 1. The van der Waals surface area contributed by atoms with Crippen LogP contribution in [-0.2, 0) is 4.79 Å². The number of hydrogen-bond acceptors (Lipinski definition) is 2. The van der Waals surface area contributed by atoms with E-state index in [4.69, 9.17) is 17.3 Å². The normalized spacial score (nSPS) is 9.62. The van der Waals surface area contributed by atoms with Gasteiger partial charge in [-0.05, 0) is 12.8 Å². The Morgan fingerprint density at radius 1 is 1.31 bits per heavy atom. The van der Waals surface area contributed by atoms with Crippen LogP contribution in [0, 0.1) is 0 Å². The van der Waals surface area contributed by atoms with Gasteiger partial charge in [-0.2, -0.15) is 0 Å². The molecule has 0 heterocycles. The van der Waals surface area contributed by atoms with Gasteiger partial charge in [-0.1, -0.05) is 25.1 Å². The van der Waals surface area contributed by atoms with Crippen molar-refractivity contribution >= 4 is 35.1 Å². The lowest BCUT2D eigenvalue weighted by Crippen LogP contribution is -2.17. The van der Waals surface area contributed by atoms with Gasteiger partial charge in [-0.25, -0.2) is 0 Å². The van der Waals surface area contributed by atoms with E-state index in [0.717, 1.165) is 32.2 Å². The first-order chi connectivity index (χ1) is 6.13. The molecule has 2 N–H and O–H groups in total. The van der Waals surface area contributed by atoms with E-state index in [1.54, 1.807) is 0 Å². The number of carboxylic acids is 1. The van der Waals surface area contributed by atoms with Crippen LogP contribution >= 0.6 is 24.8 Å². The zero-order chi connectivity index (χ0) is 10.1. The fourth-order valence-electron chi connectivity index (χ4n) is 0.950. The summed E-state index contributed by atoms with van der Waals surface area (Å²) in [5.41, 5.74) is 0. The predicted molar refractivity (Wildman–Crippen MR) is 60.3 cm³/mol. The Balaban J connectivity index is 3.00. The van der Waals surface area contributed by atoms with Gasteiger partial charge >= 0.3 is 5.97 Å². The number of thiol groups is 1. The third-order valence-electron chi connectivity index (χ3n) is 1.59. The summed E-state index contributed by atoms with van der Waals surface area (Å²) in [5, 5.41) is 11.3.